The molecule has 1 saturated carbocycles. The Balaban J connectivity index is 1.24. The van der Waals surface area contributed by atoms with E-state index < -0.39 is 0 Å². The molecular formula is C14H17N5O3S. The number of urea groups is 1. The fraction of sp³-hybridized carbons (Fsp3) is 0.571. The van der Waals surface area contributed by atoms with E-state index in [2.05, 4.69) is 26.0 Å². The molecule has 2 aromatic heterocycles. The molecule has 9 heteroatoms. The lowest BCUT2D eigenvalue weighted by atomic mass is 9.78. The van der Waals surface area contributed by atoms with Crippen molar-refractivity contribution in [2.75, 3.05) is 11.9 Å². The summed E-state index contributed by atoms with van der Waals surface area (Å²) in [5.41, 5.74) is 0.953. The van der Waals surface area contributed by atoms with Gasteiger partial charge in [0.05, 0.1) is 5.69 Å². The van der Waals surface area contributed by atoms with Crippen LogP contribution in [0.25, 0.3) is 0 Å². The van der Waals surface area contributed by atoms with Gasteiger partial charge in [-0.3, -0.25) is 5.32 Å². The Bertz CT molecular complexity index is 662. The smallest absolute Gasteiger partial charge is 0.321 e. The monoisotopic (exact) mass is 335 g/mol. The molecule has 2 amide bonds. The van der Waals surface area contributed by atoms with Crippen molar-refractivity contribution in [1.29, 1.82) is 0 Å². The Morgan fingerprint density at radius 3 is 3.00 bits per heavy atom. The van der Waals surface area contributed by atoms with Crippen LogP contribution in [-0.2, 0) is 4.74 Å². The van der Waals surface area contributed by atoms with Crippen LogP contribution in [0.1, 0.15) is 48.4 Å². The Labute approximate surface area is 136 Å². The molecule has 2 N–H and O–H groups in total. The van der Waals surface area contributed by atoms with Crippen LogP contribution in [0.15, 0.2) is 16.9 Å². The SMILES string of the molecule is O=C(Nc1nnc(C2CCCO2)s1)NC1CC(c2ccon2)C1. The minimum Gasteiger partial charge on any atom is -0.371 e. The molecule has 1 saturated heterocycles. The number of rotatable bonds is 4. The highest BCUT2D eigenvalue weighted by atomic mass is 32.1. The lowest BCUT2D eigenvalue weighted by molar-refractivity contribution is 0.111. The van der Waals surface area contributed by atoms with Crippen molar-refractivity contribution in [2.24, 2.45) is 0 Å². The highest BCUT2D eigenvalue weighted by molar-refractivity contribution is 7.15. The third kappa shape index (κ3) is 3.20. The molecular weight excluding hydrogens is 318 g/mol. The van der Waals surface area contributed by atoms with Gasteiger partial charge in [0.15, 0.2) is 0 Å². The van der Waals surface area contributed by atoms with Crippen LogP contribution in [0, 0.1) is 0 Å². The van der Waals surface area contributed by atoms with E-state index in [0.717, 1.165) is 43.0 Å². The zero-order valence-electron chi connectivity index (χ0n) is 12.4. The maximum absolute atomic E-state index is 12.0. The van der Waals surface area contributed by atoms with Crippen LogP contribution in [0.4, 0.5) is 9.93 Å². The molecule has 0 aromatic carbocycles. The maximum atomic E-state index is 12.0. The van der Waals surface area contributed by atoms with Crippen molar-refractivity contribution >= 4 is 22.5 Å². The van der Waals surface area contributed by atoms with E-state index in [0.29, 0.717) is 11.0 Å². The van der Waals surface area contributed by atoms with Crippen LogP contribution in [0.2, 0.25) is 0 Å². The van der Waals surface area contributed by atoms with Gasteiger partial charge in [-0.25, -0.2) is 4.79 Å². The molecule has 1 aliphatic heterocycles. The average molecular weight is 335 g/mol. The molecule has 23 heavy (non-hydrogen) atoms. The minimum absolute atomic E-state index is 0.0287. The number of aromatic nitrogens is 3. The first-order valence-electron chi connectivity index (χ1n) is 7.71. The predicted octanol–water partition coefficient (Wildman–Crippen LogP) is 2.45. The first kappa shape index (κ1) is 14.6. The third-order valence-electron chi connectivity index (χ3n) is 4.22. The molecule has 1 aliphatic carbocycles. The standard InChI is InChI=1S/C14H17N5O3S/c20-13(15-9-6-8(7-9)10-3-5-22-19-10)16-14-18-17-12(23-14)11-2-1-4-21-11/h3,5,8-9,11H,1-2,4,6-7H2,(H2,15,16,18,20). The fourth-order valence-electron chi connectivity index (χ4n) is 2.92. The van der Waals surface area contributed by atoms with E-state index in [-0.39, 0.29) is 18.2 Å². The Morgan fingerprint density at radius 2 is 2.26 bits per heavy atom. The quantitative estimate of drug-likeness (QED) is 0.890. The second-order valence-corrected chi connectivity index (χ2v) is 6.84. The Kier molecular flexibility index (Phi) is 3.96. The van der Waals surface area contributed by atoms with Crippen LogP contribution < -0.4 is 10.6 Å². The number of anilines is 1. The number of nitrogens with one attached hydrogen (secondary N) is 2. The van der Waals surface area contributed by atoms with Crippen molar-refractivity contribution in [3.63, 3.8) is 0 Å². The van der Waals surface area contributed by atoms with Gasteiger partial charge in [-0.1, -0.05) is 16.5 Å². The average Bonchev–Trinajstić information content (AvgIpc) is 3.22. The number of hydrogen-bond donors (Lipinski definition) is 2. The fourth-order valence-corrected chi connectivity index (χ4v) is 3.74. The van der Waals surface area contributed by atoms with Gasteiger partial charge in [0.1, 0.15) is 17.4 Å². The summed E-state index contributed by atoms with van der Waals surface area (Å²) in [6.07, 6.45) is 5.35. The lowest BCUT2D eigenvalue weighted by Crippen LogP contribution is -2.45. The second kappa shape index (κ2) is 6.25. The molecule has 0 bridgehead atoms. The van der Waals surface area contributed by atoms with Crippen LogP contribution in [0.3, 0.4) is 0 Å². The van der Waals surface area contributed by atoms with E-state index in [1.807, 2.05) is 6.07 Å². The van der Waals surface area contributed by atoms with Crippen molar-refractivity contribution in [3.8, 4) is 0 Å². The van der Waals surface area contributed by atoms with Gasteiger partial charge in [0.25, 0.3) is 0 Å². The first-order valence-corrected chi connectivity index (χ1v) is 8.52. The van der Waals surface area contributed by atoms with Crippen molar-refractivity contribution in [2.45, 2.75) is 43.7 Å². The normalized spacial score (nSPS) is 26.7. The summed E-state index contributed by atoms with van der Waals surface area (Å²) >= 11 is 1.37. The molecule has 2 aromatic rings. The van der Waals surface area contributed by atoms with Crippen molar-refractivity contribution < 1.29 is 14.1 Å². The third-order valence-corrected chi connectivity index (χ3v) is 5.15. The summed E-state index contributed by atoms with van der Waals surface area (Å²) in [7, 11) is 0. The van der Waals surface area contributed by atoms with Crippen LogP contribution in [0.5, 0.6) is 0 Å². The Hall–Kier alpha value is -2.00. The molecule has 1 atom stereocenters. The zero-order valence-corrected chi connectivity index (χ0v) is 13.2. The van der Waals surface area contributed by atoms with Gasteiger partial charge < -0.3 is 14.6 Å². The number of carbonyl (C=O) groups is 1. The van der Waals surface area contributed by atoms with Gasteiger partial charge in [0.2, 0.25) is 5.13 Å². The molecule has 1 unspecified atom stereocenters. The minimum atomic E-state index is -0.247. The summed E-state index contributed by atoms with van der Waals surface area (Å²) in [5.74, 6) is 0.367. The summed E-state index contributed by atoms with van der Waals surface area (Å²) in [4.78, 5) is 12.0. The number of nitrogens with zero attached hydrogens (tertiary/aromatic N) is 3. The van der Waals surface area contributed by atoms with Crippen molar-refractivity contribution in [1.82, 2.24) is 20.7 Å². The van der Waals surface area contributed by atoms with E-state index in [9.17, 15) is 4.79 Å². The van der Waals surface area contributed by atoms with E-state index in [1.54, 1.807) is 6.26 Å². The number of ether oxygens (including phenoxy) is 1. The molecule has 2 aliphatic rings. The molecule has 3 heterocycles. The molecule has 0 spiro atoms. The molecule has 0 radical (unpaired) electrons. The number of amides is 2. The highest BCUT2D eigenvalue weighted by Crippen LogP contribution is 2.36. The largest absolute Gasteiger partial charge is 0.371 e. The molecule has 4 rings (SSSR count). The van der Waals surface area contributed by atoms with Gasteiger partial charge in [-0.15, -0.1) is 10.2 Å². The summed E-state index contributed by atoms with van der Waals surface area (Å²) in [6, 6.07) is 1.78. The number of hydrogen-bond acceptors (Lipinski definition) is 7. The number of carbonyl (C=O) groups excluding carboxylic acids is 1. The van der Waals surface area contributed by atoms with Crippen LogP contribution in [-0.4, -0.2) is 34.0 Å². The zero-order chi connectivity index (χ0) is 15.6. The molecule has 8 nitrogen and oxygen atoms in total. The molecule has 2 fully saturated rings. The summed E-state index contributed by atoms with van der Waals surface area (Å²) < 4.78 is 10.4. The summed E-state index contributed by atoms with van der Waals surface area (Å²) in [6.45, 7) is 0.766. The lowest BCUT2D eigenvalue weighted by Gasteiger charge is -2.34. The van der Waals surface area contributed by atoms with E-state index >= 15 is 0 Å². The van der Waals surface area contributed by atoms with E-state index in [1.165, 1.54) is 11.3 Å². The highest BCUT2D eigenvalue weighted by Gasteiger charge is 2.33. The van der Waals surface area contributed by atoms with E-state index in [4.69, 9.17) is 9.26 Å². The summed E-state index contributed by atoms with van der Waals surface area (Å²) in [5, 5.41) is 19.0. The van der Waals surface area contributed by atoms with Gasteiger partial charge in [-0.05, 0) is 25.7 Å². The van der Waals surface area contributed by atoms with Gasteiger partial charge in [0, 0.05) is 24.6 Å². The van der Waals surface area contributed by atoms with Gasteiger partial charge in [-0.2, -0.15) is 0 Å². The van der Waals surface area contributed by atoms with Crippen LogP contribution >= 0.6 is 11.3 Å². The Morgan fingerprint density at radius 1 is 1.35 bits per heavy atom. The van der Waals surface area contributed by atoms with Gasteiger partial charge >= 0.3 is 6.03 Å². The molecule has 122 valence electrons. The topological polar surface area (TPSA) is 102 Å². The second-order valence-electron chi connectivity index (χ2n) is 5.84. The maximum Gasteiger partial charge on any atom is 0.321 e. The first-order chi connectivity index (χ1) is 11.3. The van der Waals surface area contributed by atoms with Crippen molar-refractivity contribution in [3.05, 3.63) is 23.0 Å². The predicted molar refractivity (Wildman–Crippen MR) is 82.3 cm³/mol.